The first-order valence-corrected chi connectivity index (χ1v) is 5.77. The van der Waals surface area contributed by atoms with Crippen LogP contribution in [0.15, 0.2) is 0 Å². The van der Waals surface area contributed by atoms with Crippen LogP contribution in [0.4, 0.5) is 0 Å². The topological polar surface area (TPSA) is 0 Å². The number of unbranched alkanes of at least 4 members (excludes halogenated alkanes) is 1. The Hall–Kier alpha value is 0.730. The standard InChI is InChI=1S/C9H17I/c1-8-7-9(8,2)5-3-4-6-10/h8H,3-7H2,1-2H3. The zero-order valence-corrected chi connectivity index (χ0v) is 9.15. The molecular formula is C9H17I. The van der Waals surface area contributed by atoms with Crippen molar-refractivity contribution in [2.75, 3.05) is 4.43 Å². The molecule has 2 unspecified atom stereocenters. The van der Waals surface area contributed by atoms with Gasteiger partial charge in [-0.25, -0.2) is 0 Å². The Morgan fingerprint density at radius 1 is 1.50 bits per heavy atom. The quantitative estimate of drug-likeness (QED) is 0.407. The van der Waals surface area contributed by atoms with Crippen molar-refractivity contribution in [3.8, 4) is 0 Å². The first kappa shape index (κ1) is 8.82. The second-order valence-electron chi connectivity index (χ2n) is 3.91. The summed E-state index contributed by atoms with van der Waals surface area (Å²) in [5, 5.41) is 0. The van der Waals surface area contributed by atoms with Crippen molar-refractivity contribution in [3.63, 3.8) is 0 Å². The zero-order valence-electron chi connectivity index (χ0n) is 6.99. The lowest BCUT2D eigenvalue weighted by atomic mass is 9.99. The van der Waals surface area contributed by atoms with E-state index in [2.05, 4.69) is 36.4 Å². The second kappa shape index (κ2) is 3.42. The van der Waals surface area contributed by atoms with Crippen molar-refractivity contribution in [2.45, 2.75) is 39.5 Å². The first-order valence-electron chi connectivity index (χ1n) is 4.25. The molecular weight excluding hydrogens is 235 g/mol. The van der Waals surface area contributed by atoms with E-state index in [1.807, 2.05) is 0 Å². The third-order valence-corrected chi connectivity index (χ3v) is 3.70. The molecule has 2 atom stereocenters. The van der Waals surface area contributed by atoms with Crippen molar-refractivity contribution in [1.82, 2.24) is 0 Å². The summed E-state index contributed by atoms with van der Waals surface area (Å²) in [5.74, 6) is 1.02. The van der Waals surface area contributed by atoms with Crippen LogP contribution in [0.5, 0.6) is 0 Å². The van der Waals surface area contributed by atoms with E-state index in [0.29, 0.717) is 0 Å². The molecule has 0 aromatic carbocycles. The van der Waals surface area contributed by atoms with Gasteiger partial charge < -0.3 is 0 Å². The van der Waals surface area contributed by atoms with Gasteiger partial charge in [0, 0.05) is 0 Å². The van der Waals surface area contributed by atoms with Crippen molar-refractivity contribution >= 4 is 22.6 Å². The van der Waals surface area contributed by atoms with Crippen LogP contribution in [0, 0.1) is 11.3 Å². The Bertz CT molecular complexity index is 111. The molecule has 60 valence electrons. The van der Waals surface area contributed by atoms with Crippen molar-refractivity contribution in [3.05, 3.63) is 0 Å². The highest BCUT2D eigenvalue weighted by Crippen LogP contribution is 2.55. The molecule has 0 aromatic heterocycles. The van der Waals surface area contributed by atoms with Crippen LogP contribution in [0.2, 0.25) is 0 Å². The minimum atomic E-state index is 0.756. The molecule has 0 aromatic rings. The Kier molecular flexibility index (Phi) is 3.02. The molecule has 10 heavy (non-hydrogen) atoms. The van der Waals surface area contributed by atoms with Gasteiger partial charge >= 0.3 is 0 Å². The summed E-state index contributed by atoms with van der Waals surface area (Å²) in [6.07, 6.45) is 5.82. The normalized spacial score (nSPS) is 38.1. The van der Waals surface area contributed by atoms with E-state index in [9.17, 15) is 0 Å². The molecule has 0 saturated heterocycles. The first-order chi connectivity index (χ1) is 4.69. The predicted octanol–water partition coefficient (Wildman–Crippen LogP) is 3.64. The Labute approximate surface area is 77.9 Å². The Balaban J connectivity index is 2.03. The molecule has 0 spiro atoms. The Morgan fingerprint density at radius 3 is 2.50 bits per heavy atom. The van der Waals surface area contributed by atoms with E-state index in [1.54, 1.807) is 0 Å². The van der Waals surface area contributed by atoms with E-state index in [1.165, 1.54) is 30.1 Å². The minimum Gasteiger partial charge on any atom is -0.0864 e. The summed E-state index contributed by atoms with van der Waals surface area (Å²) in [6, 6.07) is 0. The fourth-order valence-corrected chi connectivity index (χ4v) is 2.15. The van der Waals surface area contributed by atoms with Gasteiger partial charge in [-0.1, -0.05) is 42.9 Å². The van der Waals surface area contributed by atoms with Gasteiger partial charge in [0.1, 0.15) is 0 Å². The number of alkyl halides is 1. The molecule has 1 heteroatoms. The van der Waals surface area contributed by atoms with Crippen LogP contribution < -0.4 is 0 Å². The third kappa shape index (κ3) is 2.11. The van der Waals surface area contributed by atoms with Gasteiger partial charge in [-0.3, -0.25) is 0 Å². The molecule has 0 bridgehead atoms. The van der Waals surface area contributed by atoms with E-state index in [4.69, 9.17) is 0 Å². The van der Waals surface area contributed by atoms with E-state index >= 15 is 0 Å². The fraction of sp³-hybridized carbons (Fsp3) is 1.00. The van der Waals surface area contributed by atoms with E-state index in [0.717, 1.165) is 11.3 Å². The predicted molar refractivity (Wildman–Crippen MR) is 54.6 cm³/mol. The van der Waals surface area contributed by atoms with Crippen LogP contribution in [0.3, 0.4) is 0 Å². The van der Waals surface area contributed by atoms with Crippen LogP contribution in [0.1, 0.15) is 39.5 Å². The van der Waals surface area contributed by atoms with Gasteiger partial charge in [0.2, 0.25) is 0 Å². The SMILES string of the molecule is CC1CC1(C)CCCCI. The van der Waals surface area contributed by atoms with Gasteiger partial charge in [0.15, 0.2) is 0 Å². The summed E-state index contributed by atoms with van der Waals surface area (Å²) < 4.78 is 1.34. The van der Waals surface area contributed by atoms with Crippen LogP contribution in [0.25, 0.3) is 0 Å². The highest BCUT2D eigenvalue weighted by molar-refractivity contribution is 14.1. The molecule has 0 nitrogen and oxygen atoms in total. The van der Waals surface area contributed by atoms with Crippen molar-refractivity contribution in [1.29, 1.82) is 0 Å². The monoisotopic (exact) mass is 252 g/mol. The summed E-state index contributed by atoms with van der Waals surface area (Å²) >= 11 is 2.46. The average molecular weight is 252 g/mol. The van der Waals surface area contributed by atoms with Gasteiger partial charge in [0.25, 0.3) is 0 Å². The van der Waals surface area contributed by atoms with Crippen molar-refractivity contribution in [2.24, 2.45) is 11.3 Å². The van der Waals surface area contributed by atoms with Gasteiger partial charge in [0.05, 0.1) is 0 Å². The maximum absolute atomic E-state index is 2.46. The van der Waals surface area contributed by atoms with E-state index < -0.39 is 0 Å². The molecule has 0 radical (unpaired) electrons. The lowest BCUT2D eigenvalue weighted by molar-refractivity contribution is 0.455. The maximum Gasteiger partial charge on any atom is -0.000472 e. The molecule has 1 rings (SSSR count). The molecule has 0 aliphatic heterocycles. The van der Waals surface area contributed by atoms with Gasteiger partial charge in [-0.15, -0.1) is 0 Å². The second-order valence-corrected chi connectivity index (χ2v) is 4.98. The highest BCUT2D eigenvalue weighted by Gasteiger charge is 2.45. The van der Waals surface area contributed by atoms with E-state index in [-0.39, 0.29) is 0 Å². The molecule has 1 aliphatic carbocycles. The smallest absolute Gasteiger partial charge is 0.000472 e. The number of hydrogen-bond donors (Lipinski definition) is 0. The van der Waals surface area contributed by atoms with Crippen molar-refractivity contribution < 1.29 is 0 Å². The summed E-state index contributed by atoms with van der Waals surface area (Å²) in [6.45, 7) is 4.81. The Morgan fingerprint density at radius 2 is 2.10 bits per heavy atom. The minimum absolute atomic E-state index is 0.756. The molecule has 1 saturated carbocycles. The maximum atomic E-state index is 2.46. The molecule has 0 amide bonds. The van der Waals surface area contributed by atoms with Gasteiger partial charge in [-0.2, -0.15) is 0 Å². The molecule has 0 N–H and O–H groups in total. The van der Waals surface area contributed by atoms with Crippen LogP contribution in [-0.4, -0.2) is 4.43 Å². The third-order valence-electron chi connectivity index (χ3n) is 2.93. The van der Waals surface area contributed by atoms with Gasteiger partial charge in [-0.05, 0) is 35.0 Å². The lowest BCUT2D eigenvalue weighted by Crippen LogP contribution is -1.95. The number of hydrogen-bond acceptors (Lipinski definition) is 0. The zero-order chi connectivity index (χ0) is 7.61. The molecule has 1 aliphatic rings. The molecule has 1 fully saturated rings. The summed E-state index contributed by atoms with van der Waals surface area (Å²) in [4.78, 5) is 0. The summed E-state index contributed by atoms with van der Waals surface area (Å²) in [7, 11) is 0. The highest BCUT2D eigenvalue weighted by atomic mass is 127. The molecule has 0 heterocycles. The summed E-state index contributed by atoms with van der Waals surface area (Å²) in [5.41, 5.74) is 0.756. The number of rotatable bonds is 4. The fourth-order valence-electron chi connectivity index (χ4n) is 1.61. The number of halogens is 1. The average Bonchev–Trinajstić information content (AvgIpc) is 2.42. The van der Waals surface area contributed by atoms with Crippen LogP contribution >= 0.6 is 22.6 Å². The lowest BCUT2D eigenvalue weighted by Gasteiger charge is -2.07. The van der Waals surface area contributed by atoms with Crippen LogP contribution in [-0.2, 0) is 0 Å². The largest absolute Gasteiger partial charge is 0.0864 e.